The molecule has 98 valence electrons. The molecule has 0 radical (unpaired) electrons. The van der Waals surface area contributed by atoms with Gasteiger partial charge in [-0.2, -0.15) is 0 Å². The highest BCUT2D eigenvalue weighted by molar-refractivity contribution is 9.10. The lowest BCUT2D eigenvalue weighted by atomic mass is 10.1. The molecule has 3 N–H and O–H groups in total. The third-order valence-electron chi connectivity index (χ3n) is 2.70. The summed E-state index contributed by atoms with van der Waals surface area (Å²) in [7, 11) is 0. The van der Waals surface area contributed by atoms with Crippen LogP contribution in [0.5, 0.6) is 0 Å². The van der Waals surface area contributed by atoms with Crippen LogP contribution in [-0.2, 0) is 0 Å². The van der Waals surface area contributed by atoms with E-state index in [9.17, 15) is 0 Å². The van der Waals surface area contributed by atoms with Crippen molar-refractivity contribution >= 4 is 60.4 Å². The van der Waals surface area contributed by atoms with Crippen molar-refractivity contribution in [2.75, 3.05) is 5.32 Å². The predicted octanol–water partition coefficient (Wildman–Crippen LogP) is 4.90. The Labute approximate surface area is 134 Å². The van der Waals surface area contributed by atoms with Gasteiger partial charge in [0.25, 0.3) is 0 Å². The minimum Gasteiger partial charge on any atom is -0.389 e. The number of hydrogen-bond acceptors (Lipinski definition) is 2. The van der Waals surface area contributed by atoms with Gasteiger partial charge in [0, 0.05) is 25.9 Å². The second kappa shape index (κ2) is 6.03. The van der Waals surface area contributed by atoms with Gasteiger partial charge in [0.05, 0.1) is 0 Å². The van der Waals surface area contributed by atoms with Gasteiger partial charge in [-0.05, 0) is 48.9 Å². The van der Waals surface area contributed by atoms with Crippen molar-refractivity contribution in [1.82, 2.24) is 0 Å². The molecule has 0 atom stereocenters. The molecule has 0 aromatic heterocycles. The van der Waals surface area contributed by atoms with Gasteiger partial charge in [0.15, 0.2) is 0 Å². The Morgan fingerprint density at radius 1 is 1.05 bits per heavy atom. The zero-order valence-corrected chi connectivity index (χ0v) is 14.2. The Morgan fingerprint density at radius 3 is 2.21 bits per heavy atom. The van der Waals surface area contributed by atoms with Crippen molar-refractivity contribution < 1.29 is 0 Å². The topological polar surface area (TPSA) is 38.0 Å². The lowest BCUT2D eigenvalue weighted by Gasteiger charge is -2.14. The third kappa shape index (κ3) is 3.55. The van der Waals surface area contributed by atoms with Gasteiger partial charge >= 0.3 is 0 Å². The van der Waals surface area contributed by atoms with Gasteiger partial charge in [-0.25, -0.2) is 0 Å². The molecule has 19 heavy (non-hydrogen) atoms. The summed E-state index contributed by atoms with van der Waals surface area (Å²) in [6.07, 6.45) is 0. The maximum absolute atomic E-state index is 5.76. The van der Waals surface area contributed by atoms with Crippen molar-refractivity contribution in [3.05, 3.63) is 56.5 Å². The SMILES string of the molecule is Cc1cc(Br)ccc1Nc1ccc(Br)cc1C(N)=S. The largest absolute Gasteiger partial charge is 0.389 e. The quantitative estimate of drug-likeness (QED) is 0.721. The number of nitrogens with two attached hydrogens (primary N) is 1. The van der Waals surface area contributed by atoms with E-state index in [-0.39, 0.29) is 0 Å². The van der Waals surface area contributed by atoms with Crippen molar-refractivity contribution in [1.29, 1.82) is 0 Å². The van der Waals surface area contributed by atoms with E-state index < -0.39 is 0 Å². The van der Waals surface area contributed by atoms with Crippen LogP contribution < -0.4 is 11.1 Å². The maximum Gasteiger partial charge on any atom is 0.106 e. The lowest BCUT2D eigenvalue weighted by Crippen LogP contribution is -2.12. The third-order valence-corrected chi connectivity index (χ3v) is 3.91. The Bertz CT molecular complexity index is 641. The fraction of sp³-hybridized carbons (Fsp3) is 0.0714. The van der Waals surface area contributed by atoms with Crippen LogP contribution in [0.1, 0.15) is 11.1 Å². The van der Waals surface area contributed by atoms with Gasteiger partial charge in [0.1, 0.15) is 4.99 Å². The molecular formula is C14H12Br2N2S. The molecule has 0 heterocycles. The number of thiocarbonyl (C=S) groups is 1. The maximum atomic E-state index is 5.76. The average Bonchev–Trinajstić information content (AvgIpc) is 2.34. The molecule has 2 aromatic rings. The smallest absolute Gasteiger partial charge is 0.106 e. The molecule has 5 heteroatoms. The minimum atomic E-state index is 0.374. The Kier molecular flexibility index (Phi) is 4.60. The molecule has 0 aliphatic carbocycles. The molecule has 0 amide bonds. The standard InChI is InChI=1S/C14H12Br2N2S/c1-8-6-9(15)2-4-12(8)18-13-5-3-10(16)7-11(13)14(17)19/h2-7,18H,1H3,(H2,17,19). The van der Waals surface area contributed by atoms with Crippen LogP contribution in [0, 0.1) is 6.92 Å². The Hall–Kier alpha value is -0.910. The van der Waals surface area contributed by atoms with Gasteiger partial charge in [-0.1, -0.05) is 44.1 Å². The summed E-state index contributed by atoms with van der Waals surface area (Å²) in [5.74, 6) is 0. The van der Waals surface area contributed by atoms with Crippen LogP contribution in [0.3, 0.4) is 0 Å². The molecule has 0 aliphatic heterocycles. The summed E-state index contributed by atoms with van der Waals surface area (Å²) in [6.45, 7) is 2.05. The van der Waals surface area contributed by atoms with E-state index in [1.54, 1.807) is 0 Å². The highest BCUT2D eigenvalue weighted by atomic mass is 79.9. The normalized spacial score (nSPS) is 10.3. The fourth-order valence-electron chi connectivity index (χ4n) is 1.74. The number of anilines is 2. The molecule has 0 spiro atoms. The lowest BCUT2D eigenvalue weighted by molar-refractivity contribution is 1.41. The molecule has 0 bridgehead atoms. The van der Waals surface area contributed by atoms with E-state index in [1.807, 2.05) is 37.3 Å². The molecule has 0 fully saturated rings. The van der Waals surface area contributed by atoms with Gasteiger partial charge in [-0.3, -0.25) is 0 Å². The predicted molar refractivity (Wildman–Crippen MR) is 92.2 cm³/mol. The Morgan fingerprint density at radius 2 is 1.63 bits per heavy atom. The Balaban J connectivity index is 2.40. The van der Waals surface area contributed by atoms with Crippen molar-refractivity contribution in [2.24, 2.45) is 5.73 Å². The molecular weight excluding hydrogens is 388 g/mol. The highest BCUT2D eigenvalue weighted by Crippen LogP contribution is 2.27. The van der Waals surface area contributed by atoms with Gasteiger partial charge < -0.3 is 11.1 Å². The van der Waals surface area contributed by atoms with Gasteiger partial charge in [0.2, 0.25) is 0 Å². The first kappa shape index (κ1) is 14.5. The van der Waals surface area contributed by atoms with Crippen LogP contribution >= 0.6 is 44.1 Å². The summed E-state index contributed by atoms with van der Waals surface area (Å²) in [6, 6.07) is 11.9. The van der Waals surface area contributed by atoms with Crippen LogP contribution in [0.15, 0.2) is 45.3 Å². The fourth-order valence-corrected chi connectivity index (χ4v) is 2.75. The number of hydrogen-bond donors (Lipinski definition) is 2. The van der Waals surface area contributed by atoms with Crippen LogP contribution in [0.2, 0.25) is 0 Å². The minimum absolute atomic E-state index is 0.374. The van der Waals surface area contributed by atoms with Gasteiger partial charge in [-0.15, -0.1) is 0 Å². The number of nitrogens with one attached hydrogen (secondary N) is 1. The highest BCUT2D eigenvalue weighted by Gasteiger charge is 2.07. The summed E-state index contributed by atoms with van der Waals surface area (Å²) in [5, 5.41) is 3.37. The molecule has 2 nitrogen and oxygen atoms in total. The van der Waals surface area contributed by atoms with E-state index in [2.05, 4.69) is 43.2 Å². The van der Waals surface area contributed by atoms with Crippen molar-refractivity contribution in [2.45, 2.75) is 6.92 Å². The van der Waals surface area contributed by atoms with Crippen molar-refractivity contribution in [3.63, 3.8) is 0 Å². The second-order valence-corrected chi connectivity index (χ2v) is 6.41. The number of benzene rings is 2. The molecule has 0 aliphatic rings. The second-order valence-electron chi connectivity index (χ2n) is 4.14. The molecule has 0 saturated carbocycles. The number of halogens is 2. The number of aryl methyl sites for hydroxylation is 1. The van der Waals surface area contributed by atoms with E-state index in [0.29, 0.717) is 4.99 Å². The summed E-state index contributed by atoms with van der Waals surface area (Å²) < 4.78 is 2.01. The molecule has 0 saturated heterocycles. The monoisotopic (exact) mass is 398 g/mol. The first-order valence-corrected chi connectivity index (χ1v) is 7.59. The zero-order valence-electron chi connectivity index (χ0n) is 10.2. The van der Waals surface area contributed by atoms with E-state index in [1.165, 1.54) is 0 Å². The first-order valence-electron chi connectivity index (χ1n) is 5.60. The number of rotatable bonds is 3. The van der Waals surface area contributed by atoms with Crippen LogP contribution in [-0.4, -0.2) is 4.99 Å². The first-order chi connectivity index (χ1) is 8.97. The van der Waals surface area contributed by atoms with E-state index in [4.69, 9.17) is 18.0 Å². The molecule has 0 unspecified atom stereocenters. The van der Waals surface area contributed by atoms with Crippen LogP contribution in [0.4, 0.5) is 11.4 Å². The zero-order chi connectivity index (χ0) is 14.0. The summed E-state index contributed by atoms with van der Waals surface area (Å²) >= 11 is 12.0. The summed E-state index contributed by atoms with van der Waals surface area (Å²) in [5.41, 5.74) is 9.67. The van der Waals surface area contributed by atoms with Crippen LogP contribution in [0.25, 0.3) is 0 Å². The molecule has 2 aromatic carbocycles. The van der Waals surface area contributed by atoms with Crippen molar-refractivity contribution in [3.8, 4) is 0 Å². The molecule has 2 rings (SSSR count). The summed E-state index contributed by atoms with van der Waals surface area (Å²) in [4.78, 5) is 0.374. The van der Waals surface area contributed by atoms with E-state index in [0.717, 1.165) is 31.4 Å². The van der Waals surface area contributed by atoms with E-state index >= 15 is 0 Å². The average molecular weight is 400 g/mol.